The van der Waals surface area contributed by atoms with Gasteiger partial charge in [0.2, 0.25) is 10.0 Å². The molecule has 3 aromatic carbocycles. The van der Waals surface area contributed by atoms with Gasteiger partial charge in [0.05, 0.1) is 46.3 Å². The number of sulfonamides is 1. The number of hydrogen-bond acceptors (Lipinski definition) is 6. The fraction of sp³-hybridized carbons (Fsp3) is 0.387. The molecule has 222 valence electrons. The molecule has 0 saturated heterocycles. The Labute approximate surface area is 246 Å². The van der Waals surface area contributed by atoms with Crippen LogP contribution in [-0.2, 0) is 36.1 Å². The smallest absolute Gasteiger partial charge is 0.308 e. The topological polar surface area (TPSA) is 111 Å². The van der Waals surface area contributed by atoms with Gasteiger partial charge in [0.25, 0.3) is 0 Å². The predicted molar refractivity (Wildman–Crippen MR) is 162 cm³/mol. The number of carbonyl (C=O) groups excluding carboxylic acids is 1. The van der Waals surface area contributed by atoms with Gasteiger partial charge < -0.3 is 9.47 Å². The summed E-state index contributed by atoms with van der Waals surface area (Å²) in [6.07, 6.45) is -0.124. The molecule has 10 heteroatoms. The molecule has 0 fully saturated rings. The number of carbonyl (C=O) groups is 1. The first-order valence-corrected chi connectivity index (χ1v) is 16.1. The number of aryl methyl sites for hydroxylation is 1. The molecule has 0 heterocycles. The highest BCUT2D eigenvalue weighted by Gasteiger charge is 2.42. The third-order valence-corrected chi connectivity index (χ3v) is 9.80. The van der Waals surface area contributed by atoms with E-state index in [-0.39, 0.29) is 24.3 Å². The Kier molecular flexibility index (Phi) is 10.9. The molecule has 0 aromatic heterocycles. The van der Waals surface area contributed by atoms with E-state index in [4.69, 9.17) is 9.47 Å². The summed E-state index contributed by atoms with van der Waals surface area (Å²) >= 11 is 0. The summed E-state index contributed by atoms with van der Waals surface area (Å²) in [5, 5.41) is 0. The van der Waals surface area contributed by atoms with Gasteiger partial charge in [-0.25, -0.2) is 22.1 Å². The molecule has 0 amide bonds. The third-order valence-electron chi connectivity index (χ3n) is 6.62. The first kappa shape index (κ1) is 32.5. The minimum absolute atomic E-state index is 0.0507. The Balaban J connectivity index is 2.20. The van der Waals surface area contributed by atoms with E-state index in [1.54, 1.807) is 62.6 Å². The van der Waals surface area contributed by atoms with E-state index in [2.05, 4.69) is 9.44 Å². The van der Waals surface area contributed by atoms with Gasteiger partial charge in [0, 0.05) is 6.04 Å². The second-order valence-corrected chi connectivity index (χ2v) is 14.6. The van der Waals surface area contributed by atoms with Gasteiger partial charge in [0.15, 0.2) is 0 Å². The summed E-state index contributed by atoms with van der Waals surface area (Å²) < 4.78 is 57.1. The SMILES string of the molecule is CCOC(=O)CC(C[C@H](NS(=O)(=O)c1ccc(C)cc1)c1ccc(OC)cc1)(N[S@@](=O)C(C)(C)C)c1ccccc1. The van der Waals surface area contributed by atoms with Crippen LogP contribution in [0.25, 0.3) is 0 Å². The van der Waals surface area contributed by atoms with Gasteiger partial charge in [-0.2, -0.15) is 0 Å². The second-order valence-electron chi connectivity index (χ2n) is 10.9. The highest BCUT2D eigenvalue weighted by atomic mass is 32.2. The summed E-state index contributed by atoms with van der Waals surface area (Å²) in [7, 11) is -4.06. The van der Waals surface area contributed by atoms with Crippen LogP contribution >= 0.6 is 0 Å². The van der Waals surface area contributed by atoms with Crippen LogP contribution in [0.15, 0.2) is 83.8 Å². The van der Waals surface area contributed by atoms with Crippen LogP contribution < -0.4 is 14.2 Å². The molecule has 3 aromatic rings. The summed E-state index contributed by atoms with van der Waals surface area (Å²) in [4.78, 5) is 13.2. The molecule has 0 spiro atoms. The normalized spacial score (nSPS) is 15.0. The monoisotopic (exact) mass is 600 g/mol. The summed E-state index contributed by atoms with van der Waals surface area (Å²) in [6.45, 7) is 9.27. The molecule has 2 N–H and O–H groups in total. The van der Waals surface area contributed by atoms with Crippen molar-refractivity contribution in [3.63, 3.8) is 0 Å². The zero-order valence-electron chi connectivity index (χ0n) is 24.5. The van der Waals surface area contributed by atoms with Crippen molar-refractivity contribution >= 4 is 27.0 Å². The number of methoxy groups -OCH3 is 1. The molecule has 3 atom stereocenters. The predicted octanol–water partition coefficient (Wildman–Crippen LogP) is 5.31. The number of ether oxygens (including phenoxy) is 2. The lowest BCUT2D eigenvalue weighted by Gasteiger charge is -2.39. The molecular formula is C31H40N2O6S2. The van der Waals surface area contributed by atoms with Crippen LogP contribution in [0.4, 0.5) is 0 Å². The van der Waals surface area contributed by atoms with E-state index in [0.717, 1.165) is 5.56 Å². The minimum Gasteiger partial charge on any atom is -0.497 e. The maximum absolute atomic E-state index is 13.7. The molecule has 0 bridgehead atoms. The maximum Gasteiger partial charge on any atom is 0.308 e. The standard InChI is InChI=1S/C31H40N2O6S2/c1-7-39-29(34)22-31(25-11-9-8-10-12-25,33-40(35)30(3,4)5)21-28(24-15-17-26(38-6)18-16-24)32-41(36,37)27-19-13-23(2)14-20-27/h8-20,28,32-33H,7,21-22H2,1-6H3/t28-,31?,40-/m0/s1. The highest BCUT2D eigenvalue weighted by Crippen LogP contribution is 2.38. The van der Waals surface area contributed by atoms with Crippen molar-refractivity contribution in [3.8, 4) is 5.75 Å². The number of esters is 1. The van der Waals surface area contributed by atoms with E-state index >= 15 is 0 Å². The van der Waals surface area contributed by atoms with E-state index < -0.39 is 43.3 Å². The fourth-order valence-electron chi connectivity index (χ4n) is 4.36. The van der Waals surface area contributed by atoms with E-state index in [1.165, 1.54) is 0 Å². The van der Waals surface area contributed by atoms with E-state index in [9.17, 15) is 17.4 Å². The van der Waals surface area contributed by atoms with Crippen LogP contribution in [0.3, 0.4) is 0 Å². The van der Waals surface area contributed by atoms with Gasteiger partial charge in [-0.05, 0) is 76.4 Å². The number of rotatable bonds is 13. The van der Waals surface area contributed by atoms with E-state index in [1.807, 2.05) is 58.0 Å². The Bertz CT molecular complexity index is 1420. The number of nitrogens with one attached hydrogen (secondary N) is 2. The van der Waals surface area contributed by atoms with Gasteiger partial charge in [-0.3, -0.25) is 4.79 Å². The highest BCUT2D eigenvalue weighted by molar-refractivity contribution is 7.89. The van der Waals surface area contributed by atoms with Crippen molar-refractivity contribution in [2.45, 2.75) is 68.7 Å². The Morgan fingerprint density at radius 3 is 2.10 bits per heavy atom. The van der Waals surface area contributed by atoms with Crippen molar-refractivity contribution in [2.75, 3.05) is 13.7 Å². The van der Waals surface area contributed by atoms with Crippen LogP contribution in [0.1, 0.15) is 63.3 Å². The zero-order valence-corrected chi connectivity index (χ0v) is 26.1. The molecule has 8 nitrogen and oxygen atoms in total. The average Bonchev–Trinajstić information content (AvgIpc) is 2.93. The van der Waals surface area contributed by atoms with Crippen LogP contribution in [0.2, 0.25) is 0 Å². The van der Waals surface area contributed by atoms with Crippen molar-refractivity contribution in [1.82, 2.24) is 9.44 Å². The molecule has 0 radical (unpaired) electrons. The molecule has 1 unspecified atom stereocenters. The van der Waals surface area contributed by atoms with Crippen molar-refractivity contribution in [1.29, 1.82) is 0 Å². The fourth-order valence-corrected chi connectivity index (χ4v) is 6.52. The lowest BCUT2D eigenvalue weighted by Crippen LogP contribution is -2.51. The lowest BCUT2D eigenvalue weighted by molar-refractivity contribution is -0.145. The maximum atomic E-state index is 13.7. The van der Waals surface area contributed by atoms with Crippen molar-refractivity contribution in [3.05, 3.63) is 95.6 Å². The van der Waals surface area contributed by atoms with Gasteiger partial charge >= 0.3 is 5.97 Å². The van der Waals surface area contributed by atoms with E-state index in [0.29, 0.717) is 16.9 Å². The summed E-state index contributed by atoms with van der Waals surface area (Å²) in [6, 6.07) is 22.0. The molecule has 3 rings (SSSR count). The molecule has 0 aliphatic carbocycles. The van der Waals surface area contributed by atoms with Crippen LogP contribution in [0, 0.1) is 6.92 Å². The van der Waals surface area contributed by atoms with Crippen molar-refractivity contribution in [2.24, 2.45) is 0 Å². The van der Waals surface area contributed by atoms with Gasteiger partial charge in [-0.1, -0.05) is 60.2 Å². The van der Waals surface area contributed by atoms with Crippen molar-refractivity contribution < 1.29 is 26.9 Å². The van der Waals surface area contributed by atoms with Crippen LogP contribution in [-0.4, -0.2) is 37.1 Å². The molecule has 41 heavy (non-hydrogen) atoms. The summed E-state index contributed by atoms with van der Waals surface area (Å²) in [5.74, 6) is 0.117. The van der Waals surface area contributed by atoms with Gasteiger partial charge in [-0.15, -0.1) is 0 Å². The third kappa shape index (κ3) is 8.72. The first-order chi connectivity index (χ1) is 19.3. The molecule has 0 aliphatic heterocycles. The number of hydrogen-bond donors (Lipinski definition) is 2. The number of benzene rings is 3. The molecule has 0 aliphatic rings. The quantitative estimate of drug-likeness (QED) is 0.257. The minimum atomic E-state index is -3.99. The molecule has 0 saturated carbocycles. The average molecular weight is 601 g/mol. The Morgan fingerprint density at radius 2 is 1.56 bits per heavy atom. The van der Waals surface area contributed by atoms with Gasteiger partial charge in [0.1, 0.15) is 5.75 Å². The molecular weight excluding hydrogens is 560 g/mol. The Morgan fingerprint density at radius 1 is 0.951 bits per heavy atom. The largest absolute Gasteiger partial charge is 0.497 e. The first-order valence-electron chi connectivity index (χ1n) is 13.4. The van der Waals surface area contributed by atoms with Crippen LogP contribution in [0.5, 0.6) is 5.75 Å². The Hall–Kier alpha value is -3.05. The summed E-state index contributed by atoms with van der Waals surface area (Å²) in [5.41, 5.74) is 1.00. The zero-order chi connectivity index (χ0) is 30.3. The second kappa shape index (κ2) is 13.7. The lowest BCUT2D eigenvalue weighted by atomic mass is 9.80.